The smallest absolute Gasteiger partial charge is 0.416 e. The number of thioether (sulfide) groups is 1. The standard InChI is InChI=1S/C22H24F3N3O3S/c1-12(2)10-26-17(29)9-14-11-32-21-27-13(3)18(20(30)31-4)19(28(14)21)15-7-5-6-8-16(15)22(23,24)25/h5-8,11-12,19H,9-10H2,1-4H3,(H,26,29). The van der Waals surface area contributed by atoms with Gasteiger partial charge in [0, 0.05) is 12.2 Å². The Hall–Kier alpha value is -2.75. The quantitative estimate of drug-likeness (QED) is 0.619. The van der Waals surface area contributed by atoms with Gasteiger partial charge in [0.1, 0.15) is 0 Å². The maximum absolute atomic E-state index is 13.9. The number of halogens is 3. The summed E-state index contributed by atoms with van der Waals surface area (Å²) in [6.45, 7) is 5.96. The zero-order chi connectivity index (χ0) is 23.6. The molecule has 0 aliphatic carbocycles. The Bertz CT molecular complexity index is 1020. The summed E-state index contributed by atoms with van der Waals surface area (Å²) in [6.07, 6.45) is -4.69. The van der Waals surface area contributed by atoms with Gasteiger partial charge in [-0.05, 0) is 29.9 Å². The lowest BCUT2D eigenvalue weighted by atomic mass is 9.90. The number of carbonyl (C=O) groups excluding carboxylic acids is 2. The van der Waals surface area contributed by atoms with Crippen LogP contribution >= 0.6 is 11.8 Å². The number of methoxy groups -OCH3 is 1. The van der Waals surface area contributed by atoms with Crippen LogP contribution in [0.15, 0.2) is 51.6 Å². The van der Waals surface area contributed by atoms with E-state index in [-0.39, 0.29) is 35.1 Å². The Balaban J connectivity index is 2.09. The second-order valence-electron chi connectivity index (χ2n) is 7.84. The summed E-state index contributed by atoms with van der Waals surface area (Å²) in [5.74, 6) is -0.783. The zero-order valence-electron chi connectivity index (χ0n) is 18.1. The molecule has 1 unspecified atom stereocenters. The van der Waals surface area contributed by atoms with Gasteiger partial charge in [-0.3, -0.25) is 4.79 Å². The van der Waals surface area contributed by atoms with E-state index in [4.69, 9.17) is 4.74 Å². The number of hydrogen-bond donors (Lipinski definition) is 1. The molecule has 172 valence electrons. The summed E-state index contributed by atoms with van der Waals surface area (Å²) in [5.41, 5.74) is -0.226. The average molecular weight is 468 g/mol. The molecule has 0 fully saturated rings. The highest BCUT2D eigenvalue weighted by molar-refractivity contribution is 8.16. The van der Waals surface area contributed by atoms with E-state index in [9.17, 15) is 22.8 Å². The molecule has 2 aliphatic rings. The average Bonchev–Trinajstić information content (AvgIpc) is 3.12. The van der Waals surface area contributed by atoms with Crippen molar-refractivity contribution in [1.82, 2.24) is 10.2 Å². The number of aliphatic imine (C=N–C) groups is 1. The van der Waals surface area contributed by atoms with E-state index in [0.717, 1.165) is 6.07 Å². The van der Waals surface area contributed by atoms with Crippen LogP contribution in [0.1, 0.15) is 44.4 Å². The molecule has 1 N–H and O–H groups in total. The molecule has 0 saturated heterocycles. The molecule has 0 bridgehead atoms. The Labute approximate surface area is 188 Å². The van der Waals surface area contributed by atoms with Crippen LogP contribution in [0.5, 0.6) is 0 Å². The van der Waals surface area contributed by atoms with Crippen molar-refractivity contribution < 1.29 is 27.5 Å². The van der Waals surface area contributed by atoms with Gasteiger partial charge in [-0.1, -0.05) is 43.8 Å². The number of benzene rings is 1. The van der Waals surface area contributed by atoms with Gasteiger partial charge in [0.25, 0.3) is 0 Å². The molecule has 1 atom stereocenters. The molecule has 0 aromatic heterocycles. The maximum Gasteiger partial charge on any atom is 0.416 e. The Morgan fingerprint density at radius 2 is 1.97 bits per heavy atom. The van der Waals surface area contributed by atoms with E-state index in [1.54, 1.807) is 12.3 Å². The van der Waals surface area contributed by atoms with Gasteiger partial charge < -0.3 is 15.0 Å². The van der Waals surface area contributed by atoms with Gasteiger partial charge in [0.15, 0.2) is 5.17 Å². The van der Waals surface area contributed by atoms with Crippen molar-refractivity contribution in [3.63, 3.8) is 0 Å². The van der Waals surface area contributed by atoms with Crippen LogP contribution in [0.2, 0.25) is 0 Å². The zero-order valence-corrected chi connectivity index (χ0v) is 18.9. The summed E-state index contributed by atoms with van der Waals surface area (Å²) >= 11 is 1.20. The van der Waals surface area contributed by atoms with Crippen molar-refractivity contribution in [2.45, 2.75) is 39.4 Å². The molecule has 10 heteroatoms. The van der Waals surface area contributed by atoms with Gasteiger partial charge in [-0.15, -0.1) is 0 Å². The van der Waals surface area contributed by atoms with Crippen LogP contribution in [-0.4, -0.2) is 35.6 Å². The van der Waals surface area contributed by atoms with Crippen molar-refractivity contribution in [3.8, 4) is 0 Å². The number of ether oxygens (including phenoxy) is 1. The van der Waals surface area contributed by atoms with E-state index < -0.39 is 23.8 Å². The third kappa shape index (κ3) is 4.85. The number of nitrogens with zero attached hydrogens (tertiary/aromatic N) is 2. The predicted octanol–water partition coefficient (Wildman–Crippen LogP) is 4.62. The number of fused-ring (bicyclic) bond motifs is 1. The number of nitrogens with one attached hydrogen (secondary N) is 1. The minimum Gasteiger partial charge on any atom is -0.466 e. The topological polar surface area (TPSA) is 71.0 Å². The van der Waals surface area contributed by atoms with Crippen molar-refractivity contribution in [2.75, 3.05) is 13.7 Å². The van der Waals surface area contributed by atoms with E-state index in [2.05, 4.69) is 10.3 Å². The molecule has 2 heterocycles. The van der Waals surface area contributed by atoms with Gasteiger partial charge >= 0.3 is 12.1 Å². The third-order valence-electron chi connectivity index (χ3n) is 5.02. The number of amidine groups is 1. The Kier molecular flexibility index (Phi) is 7.02. The first-order valence-electron chi connectivity index (χ1n) is 10.00. The largest absolute Gasteiger partial charge is 0.466 e. The molecule has 6 nitrogen and oxygen atoms in total. The summed E-state index contributed by atoms with van der Waals surface area (Å²) in [6, 6.07) is 3.97. The summed E-state index contributed by atoms with van der Waals surface area (Å²) in [4.78, 5) is 31.1. The predicted molar refractivity (Wildman–Crippen MR) is 116 cm³/mol. The maximum atomic E-state index is 13.9. The molecular weight excluding hydrogens is 443 g/mol. The van der Waals surface area contributed by atoms with Crippen LogP contribution in [-0.2, 0) is 20.5 Å². The number of allylic oxidation sites excluding steroid dienone is 1. The normalized spacial score (nSPS) is 18.4. The van der Waals surface area contributed by atoms with Gasteiger partial charge in [-0.25, -0.2) is 9.79 Å². The number of hydrogen-bond acceptors (Lipinski definition) is 6. The summed E-state index contributed by atoms with van der Waals surface area (Å²) in [5, 5.41) is 4.90. The molecule has 0 radical (unpaired) electrons. The SMILES string of the molecule is COC(=O)C1=C(C)N=C2SC=C(CC(=O)NCC(C)C)N2C1c1ccccc1C(F)(F)F. The monoisotopic (exact) mass is 467 g/mol. The highest BCUT2D eigenvalue weighted by atomic mass is 32.2. The minimum atomic E-state index is -4.63. The minimum absolute atomic E-state index is 0.00365. The number of carbonyl (C=O) groups is 2. The fraction of sp³-hybridized carbons (Fsp3) is 0.409. The molecule has 32 heavy (non-hydrogen) atoms. The fourth-order valence-electron chi connectivity index (χ4n) is 3.57. The van der Waals surface area contributed by atoms with E-state index in [1.807, 2.05) is 13.8 Å². The fourth-order valence-corrected chi connectivity index (χ4v) is 4.54. The van der Waals surface area contributed by atoms with E-state index in [1.165, 1.54) is 42.0 Å². The molecule has 0 spiro atoms. The highest BCUT2D eigenvalue weighted by Crippen LogP contribution is 2.47. The Morgan fingerprint density at radius 1 is 1.28 bits per heavy atom. The molecular formula is C22H24F3N3O3S. The molecule has 0 saturated carbocycles. The molecule has 3 rings (SSSR count). The first kappa shape index (κ1) is 23.9. The van der Waals surface area contributed by atoms with Crippen LogP contribution in [0.4, 0.5) is 13.2 Å². The van der Waals surface area contributed by atoms with Crippen LogP contribution in [0, 0.1) is 5.92 Å². The van der Waals surface area contributed by atoms with Crippen molar-refractivity contribution in [2.24, 2.45) is 10.9 Å². The van der Waals surface area contributed by atoms with Gasteiger partial charge in [0.2, 0.25) is 5.91 Å². The second-order valence-corrected chi connectivity index (χ2v) is 8.68. The summed E-state index contributed by atoms with van der Waals surface area (Å²) < 4.78 is 46.5. The van der Waals surface area contributed by atoms with Crippen LogP contribution in [0.25, 0.3) is 0 Å². The number of esters is 1. The van der Waals surface area contributed by atoms with Crippen molar-refractivity contribution in [3.05, 3.63) is 57.8 Å². The first-order chi connectivity index (χ1) is 15.0. The number of rotatable bonds is 6. The molecule has 2 aliphatic heterocycles. The summed E-state index contributed by atoms with van der Waals surface area (Å²) in [7, 11) is 1.17. The van der Waals surface area contributed by atoms with Crippen molar-refractivity contribution in [1.29, 1.82) is 0 Å². The van der Waals surface area contributed by atoms with E-state index >= 15 is 0 Å². The first-order valence-corrected chi connectivity index (χ1v) is 10.9. The van der Waals surface area contributed by atoms with E-state index in [0.29, 0.717) is 17.4 Å². The highest BCUT2D eigenvalue weighted by Gasteiger charge is 2.45. The molecule has 1 amide bonds. The van der Waals surface area contributed by atoms with Crippen molar-refractivity contribution >= 4 is 28.8 Å². The Morgan fingerprint density at radius 3 is 2.59 bits per heavy atom. The van der Waals surface area contributed by atoms with Crippen LogP contribution < -0.4 is 5.32 Å². The molecule has 1 aromatic carbocycles. The van der Waals surface area contributed by atoms with Gasteiger partial charge in [-0.2, -0.15) is 13.2 Å². The lowest BCUT2D eigenvalue weighted by Crippen LogP contribution is -2.39. The van der Waals surface area contributed by atoms with Gasteiger partial charge in [0.05, 0.1) is 36.4 Å². The number of alkyl halides is 3. The lowest BCUT2D eigenvalue weighted by Gasteiger charge is -2.37. The third-order valence-corrected chi connectivity index (χ3v) is 5.90. The molecule has 1 aromatic rings. The number of amides is 1. The second kappa shape index (κ2) is 9.40. The lowest BCUT2D eigenvalue weighted by molar-refractivity contribution is -0.140. The van der Waals surface area contributed by atoms with Crippen LogP contribution in [0.3, 0.4) is 0 Å².